The van der Waals surface area contributed by atoms with E-state index in [1.165, 1.54) is 0 Å². The van der Waals surface area contributed by atoms with Gasteiger partial charge in [0.05, 0.1) is 10.7 Å². The summed E-state index contributed by atoms with van der Waals surface area (Å²) in [6.07, 6.45) is 9.13. The van der Waals surface area contributed by atoms with E-state index in [9.17, 15) is 4.79 Å². The van der Waals surface area contributed by atoms with Crippen molar-refractivity contribution in [3.63, 3.8) is 0 Å². The van der Waals surface area contributed by atoms with Gasteiger partial charge in [-0.15, -0.1) is 11.3 Å². The largest absolute Gasteiger partial charge is 0.338 e. The third-order valence-corrected chi connectivity index (χ3v) is 4.21. The molecule has 1 aromatic heterocycles. The van der Waals surface area contributed by atoms with Crippen LogP contribution in [-0.4, -0.2) is 23.6 Å². The van der Waals surface area contributed by atoms with Crippen molar-refractivity contribution in [2.45, 2.75) is 45.1 Å². The molecule has 5 heteroatoms. The first-order valence-electron chi connectivity index (χ1n) is 6.90. The molecule has 1 aliphatic rings. The average Bonchev–Trinajstić information content (AvgIpc) is 2.88. The van der Waals surface area contributed by atoms with E-state index < -0.39 is 0 Å². The number of hydrogen-bond donors (Lipinski definition) is 2. The molecule has 1 heterocycles. The molecule has 0 fully saturated rings. The maximum atomic E-state index is 11.7. The summed E-state index contributed by atoms with van der Waals surface area (Å²) in [6.45, 7) is 2.74. The van der Waals surface area contributed by atoms with Gasteiger partial charge in [-0.3, -0.25) is 0 Å². The summed E-state index contributed by atoms with van der Waals surface area (Å²) in [7, 11) is 0. The topological polar surface area (TPSA) is 54.0 Å². The minimum Gasteiger partial charge on any atom is -0.338 e. The minimum absolute atomic E-state index is 0.0637. The highest BCUT2D eigenvalue weighted by atomic mass is 32.1. The zero-order chi connectivity index (χ0) is 13.5. The van der Waals surface area contributed by atoms with Gasteiger partial charge in [0.1, 0.15) is 0 Å². The predicted molar refractivity (Wildman–Crippen MR) is 78.5 cm³/mol. The summed E-state index contributed by atoms with van der Waals surface area (Å²) < 4.78 is 0. The summed E-state index contributed by atoms with van der Waals surface area (Å²) >= 11 is 1.69. The van der Waals surface area contributed by atoms with E-state index in [1.54, 1.807) is 11.3 Å². The molecule has 0 aliphatic heterocycles. The molecule has 0 saturated carbocycles. The van der Waals surface area contributed by atoms with Crippen LogP contribution in [0.15, 0.2) is 17.5 Å². The third kappa shape index (κ3) is 4.67. The molecule has 104 valence electrons. The number of urea groups is 1. The van der Waals surface area contributed by atoms with Crippen LogP contribution in [0.5, 0.6) is 0 Å². The number of hydrogen-bond acceptors (Lipinski definition) is 3. The molecule has 2 amide bonds. The Hall–Kier alpha value is -1.36. The van der Waals surface area contributed by atoms with Crippen molar-refractivity contribution in [2.75, 3.05) is 6.54 Å². The van der Waals surface area contributed by atoms with Gasteiger partial charge in [-0.25, -0.2) is 9.78 Å². The van der Waals surface area contributed by atoms with E-state index in [2.05, 4.69) is 40.1 Å². The maximum absolute atomic E-state index is 11.7. The van der Waals surface area contributed by atoms with Crippen molar-refractivity contribution in [3.05, 3.63) is 28.2 Å². The summed E-state index contributed by atoms with van der Waals surface area (Å²) in [6, 6.07) is 0.224. The van der Waals surface area contributed by atoms with Crippen LogP contribution in [0.4, 0.5) is 4.79 Å². The molecule has 1 aromatic rings. The lowest BCUT2D eigenvalue weighted by Crippen LogP contribution is -2.43. The molecule has 4 nitrogen and oxygen atoms in total. The summed E-state index contributed by atoms with van der Waals surface area (Å²) in [5.74, 6) is 0. The molecule has 2 rings (SSSR count). The fourth-order valence-electron chi connectivity index (χ4n) is 2.09. The number of amides is 2. The van der Waals surface area contributed by atoms with Gasteiger partial charge in [0.15, 0.2) is 0 Å². The highest BCUT2D eigenvalue weighted by Crippen LogP contribution is 2.11. The first-order valence-corrected chi connectivity index (χ1v) is 7.78. The summed E-state index contributed by atoms with van der Waals surface area (Å²) in [4.78, 5) is 16.2. The molecular weight excluding hydrogens is 258 g/mol. The fourth-order valence-corrected chi connectivity index (χ4v) is 2.87. The third-order valence-electron chi connectivity index (χ3n) is 3.17. The fraction of sp³-hybridized carbons (Fsp3) is 0.571. The van der Waals surface area contributed by atoms with Crippen LogP contribution in [0, 0.1) is 0 Å². The highest BCUT2D eigenvalue weighted by molar-refractivity contribution is 7.09. The second-order valence-electron chi connectivity index (χ2n) is 4.72. The molecule has 19 heavy (non-hydrogen) atoms. The van der Waals surface area contributed by atoms with Gasteiger partial charge in [0.2, 0.25) is 0 Å². The van der Waals surface area contributed by atoms with Crippen LogP contribution in [0.1, 0.15) is 36.9 Å². The zero-order valence-electron chi connectivity index (χ0n) is 11.3. The molecular formula is C14H21N3OS. The summed E-state index contributed by atoms with van der Waals surface area (Å²) in [5, 5.41) is 9.13. The minimum atomic E-state index is -0.0637. The Morgan fingerprint density at radius 1 is 1.53 bits per heavy atom. The number of nitrogens with one attached hydrogen (secondary N) is 2. The number of carbonyl (C=O) groups excluding carboxylic acids is 1. The maximum Gasteiger partial charge on any atom is 0.315 e. The van der Waals surface area contributed by atoms with Gasteiger partial charge in [-0.1, -0.05) is 19.1 Å². The van der Waals surface area contributed by atoms with Crippen LogP contribution in [-0.2, 0) is 12.8 Å². The van der Waals surface area contributed by atoms with Gasteiger partial charge < -0.3 is 10.6 Å². The van der Waals surface area contributed by atoms with Crippen molar-refractivity contribution < 1.29 is 4.79 Å². The Bertz CT molecular complexity index is 442. The first kappa shape index (κ1) is 14.1. The van der Waals surface area contributed by atoms with Crippen LogP contribution >= 0.6 is 11.3 Å². The monoisotopic (exact) mass is 279 g/mol. The van der Waals surface area contributed by atoms with E-state index in [-0.39, 0.29) is 12.1 Å². The first-order chi connectivity index (χ1) is 9.28. The van der Waals surface area contributed by atoms with Gasteiger partial charge >= 0.3 is 6.03 Å². The smallest absolute Gasteiger partial charge is 0.315 e. The number of thiazole rings is 1. The van der Waals surface area contributed by atoms with Crippen molar-refractivity contribution in [3.8, 4) is 0 Å². The molecule has 0 saturated heterocycles. The van der Waals surface area contributed by atoms with Crippen molar-refractivity contribution >= 4 is 17.4 Å². The van der Waals surface area contributed by atoms with E-state index in [1.807, 2.05) is 0 Å². The lowest BCUT2D eigenvalue weighted by molar-refractivity contribution is 0.236. The number of rotatable bonds is 5. The van der Waals surface area contributed by atoms with Crippen LogP contribution in [0.2, 0.25) is 0 Å². The predicted octanol–water partition coefficient (Wildman–Crippen LogP) is 2.66. The van der Waals surface area contributed by atoms with Crippen LogP contribution in [0.25, 0.3) is 0 Å². The molecule has 1 atom stereocenters. The van der Waals surface area contributed by atoms with Gasteiger partial charge in [0.25, 0.3) is 0 Å². The normalized spacial score (nSPS) is 18.3. The molecule has 0 bridgehead atoms. The Kier molecular flexibility index (Phi) is 5.39. The zero-order valence-corrected chi connectivity index (χ0v) is 12.1. The molecule has 0 spiro atoms. The highest BCUT2D eigenvalue weighted by Gasteiger charge is 2.12. The molecule has 2 N–H and O–H groups in total. The standard InChI is InChI=1S/C14H21N3OS/c1-2-13-16-12(10-19-13)8-9-15-14(18)17-11-6-4-3-5-7-11/h3-4,10-11H,2,5-9H2,1H3,(H2,15,17,18). The Morgan fingerprint density at radius 3 is 3.11 bits per heavy atom. The Balaban J connectivity index is 1.64. The Labute approximate surface area is 118 Å². The Morgan fingerprint density at radius 2 is 2.42 bits per heavy atom. The number of carbonyl (C=O) groups is 1. The van der Waals surface area contributed by atoms with Crippen molar-refractivity contribution in [1.82, 2.24) is 15.6 Å². The quantitative estimate of drug-likeness (QED) is 0.814. The second kappa shape index (κ2) is 7.28. The van der Waals surface area contributed by atoms with Crippen molar-refractivity contribution in [2.24, 2.45) is 0 Å². The van der Waals surface area contributed by atoms with Crippen molar-refractivity contribution in [1.29, 1.82) is 0 Å². The van der Waals surface area contributed by atoms with Crippen LogP contribution < -0.4 is 10.6 Å². The molecule has 0 radical (unpaired) electrons. The molecule has 0 aromatic carbocycles. The van der Waals surface area contributed by atoms with Gasteiger partial charge in [-0.05, 0) is 25.7 Å². The van der Waals surface area contributed by atoms with Gasteiger partial charge in [-0.2, -0.15) is 0 Å². The van der Waals surface area contributed by atoms with Gasteiger partial charge in [0, 0.05) is 24.4 Å². The van der Waals surface area contributed by atoms with E-state index >= 15 is 0 Å². The SMILES string of the molecule is CCc1nc(CCNC(=O)NC2CC=CCC2)cs1. The summed E-state index contributed by atoms with van der Waals surface area (Å²) in [5.41, 5.74) is 1.07. The van der Waals surface area contributed by atoms with E-state index in [0.29, 0.717) is 6.54 Å². The molecule has 1 unspecified atom stereocenters. The number of nitrogens with zero attached hydrogens (tertiary/aromatic N) is 1. The van der Waals surface area contributed by atoms with Crippen LogP contribution in [0.3, 0.4) is 0 Å². The van der Waals surface area contributed by atoms with E-state index in [4.69, 9.17) is 0 Å². The lowest BCUT2D eigenvalue weighted by atomic mass is 10.0. The number of aromatic nitrogens is 1. The lowest BCUT2D eigenvalue weighted by Gasteiger charge is -2.19. The second-order valence-corrected chi connectivity index (χ2v) is 5.66. The number of allylic oxidation sites excluding steroid dienone is 1. The number of aryl methyl sites for hydroxylation is 1. The molecule has 1 aliphatic carbocycles. The van der Waals surface area contributed by atoms with E-state index in [0.717, 1.165) is 42.8 Å². The average molecular weight is 279 g/mol.